The Morgan fingerprint density at radius 3 is 2.76 bits per heavy atom. The van der Waals surface area contributed by atoms with E-state index in [2.05, 4.69) is 12.2 Å². The van der Waals surface area contributed by atoms with E-state index in [1.165, 1.54) is 11.3 Å². The predicted molar refractivity (Wildman–Crippen MR) is 113 cm³/mol. The summed E-state index contributed by atoms with van der Waals surface area (Å²) in [5.74, 6) is 0.540. The van der Waals surface area contributed by atoms with Crippen LogP contribution in [0.1, 0.15) is 57.3 Å². The third kappa shape index (κ3) is 4.46. The number of ether oxygens (including phenoxy) is 2. The second-order valence-corrected chi connectivity index (χ2v) is 8.95. The topological polar surface area (TPSA) is 90.7 Å². The highest BCUT2D eigenvalue weighted by molar-refractivity contribution is 7.17. The van der Waals surface area contributed by atoms with Gasteiger partial charge in [-0.1, -0.05) is 6.92 Å². The van der Waals surface area contributed by atoms with Crippen molar-refractivity contribution in [2.45, 2.75) is 45.1 Å². The first kappa shape index (κ1) is 19.9. The van der Waals surface area contributed by atoms with Crippen LogP contribution in [-0.2, 0) is 17.6 Å². The summed E-state index contributed by atoms with van der Waals surface area (Å²) in [5, 5.41) is 3.45. The molecular formula is C22H26N2O4S. The molecule has 6 nitrogen and oxygen atoms in total. The number of nitrogens with one attached hydrogen (secondary N) is 1. The molecule has 1 aromatic heterocycles. The van der Waals surface area contributed by atoms with Gasteiger partial charge in [-0.3, -0.25) is 9.59 Å². The molecule has 1 aromatic carbocycles. The Morgan fingerprint density at radius 2 is 2.07 bits per heavy atom. The molecule has 1 fully saturated rings. The van der Waals surface area contributed by atoms with Crippen molar-refractivity contribution in [2.75, 3.05) is 18.5 Å². The second kappa shape index (κ2) is 8.55. The molecule has 0 spiro atoms. The maximum Gasteiger partial charge on any atom is 0.256 e. The molecule has 1 saturated heterocycles. The normalized spacial score (nSPS) is 20.9. The number of anilines is 1. The average molecular weight is 415 g/mol. The molecular weight excluding hydrogens is 388 g/mol. The van der Waals surface area contributed by atoms with E-state index in [0.717, 1.165) is 49.2 Å². The van der Waals surface area contributed by atoms with Crippen molar-refractivity contribution >= 4 is 28.2 Å². The van der Waals surface area contributed by atoms with Gasteiger partial charge in [0.15, 0.2) is 0 Å². The molecule has 4 rings (SSSR count). The van der Waals surface area contributed by atoms with Gasteiger partial charge in [-0.25, -0.2) is 0 Å². The predicted octanol–water partition coefficient (Wildman–Crippen LogP) is 3.78. The Kier molecular flexibility index (Phi) is 5.87. The summed E-state index contributed by atoms with van der Waals surface area (Å²) in [5.41, 5.74) is 7.61. The standard InChI is InChI=1S/C22H26N2O4S/c1-13-4-9-17-18(11-13)29-22(19(17)20(23)25)24-21(26)14-5-7-15(8-6-14)28-12-16-3-2-10-27-16/h5-8,13,16H,2-4,9-12H2,1H3,(H2,23,25)(H,24,26). The van der Waals surface area contributed by atoms with Crippen LogP contribution >= 0.6 is 11.3 Å². The number of carbonyl (C=O) groups excluding carboxylic acids is 2. The van der Waals surface area contributed by atoms with E-state index < -0.39 is 5.91 Å². The van der Waals surface area contributed by atoms with Crippen LogP contribution in [0.5, 0.6) is 5.75 Å². The van der Waals surface area contributed by atoms with Crippen molar-refractivity contribution in [3.8, 4) is 5.75 Å². The van der Waals surface area contributed by atoms with Gasteiger partial charge in [-0.15, -0.1) is 11.3 Å². The summed E-state index contributed by atoms with van der Waals surface area (Å²) < 4.78 is 11.3. The third-order valence-electron chi connectivity index (χ3n) is 5.56. The number of primary amides is 1. The highest BCUT2D eigenvalue weighted by Crippen LogP contribution is 2.39. The average Bonchev–Trinajstić information content (AvgIpc) is 3.33. The molecule has 154 valence electrons. The molecule has 0 saturated carbocycles. The van der Waals surface area contributed by atoms with Crippen molar-refractivity contribution in [1.29, 1.82) is 0 Å². The van der Waals surface area contributed by atoms with E-state index >= 15 is 0 Å². The van der Waals surface area contributed by atoms with Gasteiger partial charge >= 0.3 is 0 Å². The van der Waals surface area contributed by atoms with Crippen molar-refractivity contribution in [3.05, 3.63) is 45.8 Å². The summed E-state index contributed by atoms with van der Waals surface area (Å²) in [7, 11) is 0. The SMILES string of the molecule is CC1CCc2c(sc(NC(=O)c3ccc(OCC4CCCO4)cc3)c2C(N)=O)C1. The summed E-state index contributed by atoms with van der Waals surface area (Å²) >= 11 is 1.47. The van der Waals surface area contributed by atoms with Crippen LogP contribution in [0.25, 0.3) is 0 Å². The van der Waals surface area contributed by atoms with Gasteiger partial charge in [0.1, 0.15) is 17.4 Å². The lowest BCUT2D eigenvalue weighted by Crippen LogP contribution is -2.19. The van der Waals surface area contributed by atoms with E-state index in [4.69, 9.17) is 15.2 Å². The van der Waals surface area contributed by atoms with Gasteiger partial charge in [0.05, 0.1) is 11.7 Å². The van der Waals surface area contributed by atoms with Gasteiger partial charge in [0.25, 0.3) is 11.8 Å². The number of hydrogen-bond donors (Lipinski definition) is 2. The minimum absolute atomic E-state index is 0.151. The highest BCUT2D eigenvalue weighted by atomic mass is 32.1. The number of nitrogens with two attached hydrogens (primary N) is 1. The van der Waals surface area contributed by atoms with Crippen LogP contribution in [0.15, 0.2) is 24.3 Å². The van der Waals surface area contributed by atoms with Gasteiger partial charge in [0, 0.05) is 17.0 Å². The lowest BCUT2D eigenvalue weighted by atomic mass is 9.88. The fraction of sp³-hybridized carbons (Fsp3) is 0.455. The first-order valence-electron chi connectivity index (χ1n) is 10.1. The molecule has 2 heterocycles. The molecule has 2 aromatic rings. The molecule has 2 amide bonds. The van der Waals surface area contributed by atoms with Gasteiger partial charge in [0.2, 0.25) is 0 Å². The molecule has 1 aliphatic heterocycles. The van der Waals surface area contributed by atoms with Gasteiger partial charge < -0.3 is 20.5 Å². The lowest BCUT2D eigenvalue weighted by Gasteiger charge is -2.18. The van der Waals surface area contributed by atoms with Crippen LogP contribution in [-0.4, -0.2) is 31.1 Å². The Morgan fingerprint density at radius 1 is 1.28 bits per heavy atom. The van der Waals surface area contributed by atoms with E-state index in [0.29, 0.717) is 34.4 Å². The maximum absolute atomic E-state index is 12.7. The third-order valence-corrected chi connectivity index (χ3v) is 6.73. The number of hydrogen-bond acceptors (Lipinski definition) is 5. The van der Waals surface area contributed by atoms with Crippen molar-refractivity contribution < 1.29 is 19.1 Å². The summed E-state index contributed by atoms with van der Waals surface area (Å²) in [6, 6.07) is 7.00. The smallest absolute Gasteiger partial charge is 0.256 e. The molecule has 0 bridgehead atoms. The fourth-order valence-electron chi connectivity index (χ4n) is 3.94. The molecule has 7 heteroatoms. The quantitative estimate of drug-likeness (QED) is 0.753. The van der Waals surface area contributed by atoms with E-state index in [1.54, 1.807) is 24.3 Å². The van der Waals surface area contributed by atoms with E-state index in [-0.39, 0.29) is 12.0 Å². The molecule has 0 radical (unpaired) electrons. The lowest BCUT2D eigenvalue weighted by molar-refractivity contribution is 0.0679. The van der Waals surface area contributed by atoms with Crippen molar-refractivity contribution in [1.82, 2.24) is 0 Å². The minimum atomic E-state index is -0.481. The molecule has 3 N–H and O–H groups in total. The fourth-order valence-corrected chi connectivity index (χ4v) is 5.35. The van der Waals surface area contributed by atoms with Crippen molar-refractivity contribution in [2.24, 2.45) is 11.7 Å². The Hall–Kier alpha value is -2.38. The zero-order chi connectivity index (χ0) is 20.4. The van der Waals surface area contributed by atoms with Crippen LogP contribution in [0.4, 0.5) is 5.00 Å². The Labute approximate surface area is 174 Å². The number of amides is 2. The van der Waals surface area contributed by atoms with Gasteiger partial charge in [-0.2, -0.15) is 0 Å². The number of rotatable bonds is 6. The highest BCUT2D eigenvalue weighted by Gasteiger charge is 2.27. The molecule has 2 aliphatic rings. The molecule has 2 atom stereocenters. The summed E-state index contributed by atoms with van der Waals surface area (Å²) in [4.78, 5) is 25.9. The van der Waals surface area contributed by atoms with Crippen molar-refractivity contribution in [3.63, 3.8) is 0 Å². The summed E-state index contributed by atoms with van der Waals surface area (Å²) in [6.07, 6.45) is 5.03. The maximum atomic E-state index is 12.7. The molecule has 29 heavy (non-hydrogen) atoms. The first-order valence-corrected chi connectivity index (χ1v) is 10.9. The molecule has 2 unspecified atom stereocenters. The van der Waals surface area contributed by atoms with Crippen LogP contribution in [0.2, 0.25) is 0 Å². The minimum Gasteiger partial charge on any atom is -0.491 e. The summed E-state index contributed by atoms with van der Waals surface area (Å²) in [6.45, 7) is 3.52. The Bertz CT molecular complexity index is 900. The number of carbonyl (C=O) groups is 2. The van der Waals surface area contributed by atoms with E-state index in [9.17, 15) is 9.59 Å². The monoisotopic (exact) mass is 414 g/mol. The zero-order valence-corrected chi connectivity index (χ0v) is 17.3. The van der Waals surface area contributed by atoms with E-state index in [1.807, 2.05) is 0 Å². The zero-order valence-electron chi connectivity index (χ0n) is 16.5. The first-order chi connectivity index (χ1) is 14.0. The molecule has 1 aliphatic carbocycles. The van der Waals surface area contributed by atoms with Crippen LogP contribution in [0, 0.1) is 5.92 Å². The Balaban J connectivity index is 1.44. The largest absolute Gasteiger partial charge is 0.491 e. The number of benzene rings is 1. The number of fused-ring (bicyclic) bond motifs is 1. The van der Waals surface area contributed by atoms with Crippen LogP contribution in [0.3, 0.4) is 0 Å². The van der Waals surface area contributed by atoms with Gasteiger partial charge in [-0.05, 0) is 67.9 Å². The second-order valence-electron chi connectivity index (χ2n) is 7.84. The number of thiophene rings is 1. The van der Waals surface area contributed by atoms with Crippen LogP contribution < -0.4 is 15.8 Å².